The molecule has 31 heavy (non-hydrogen) atoms. The Morgan fingerprint density at radius 2 is 1.71 bits per heavy atom. The first-order chi connectivity index (χ1) is 14.8. The molecule has 4 aliphatic carbocycles. The highest BCUT2D eigenvalue weighted by atomic mass is 79.9. The summed E-state index contributed by atoms with van der Waals surface area (Å²) in [6, 6.07) is 7.15. The van der Waals surface area contributed by atoms with Crippen LogP contribution in [0.1, 0.15) is 51.9 Å². The van der Waals surface area contributed by atoms with E-state index in [1.54, 1.807) is 25.1 Å². The SMILES string of the molecule is CC(Oc1cccc(Br)c1)C(=O)NNC(=O)CNC(=O)CC12CC3CC(CC(C3)C1)C2. The third-order valence-corrected chi connectivity index (χ3v) is 7.44. The maximum absolute atomic E-state index is 12.5. The molecule has 8 heteroatoms. The van der Waals surface area contributed by atoms with E-state index in [1.165, 1.54) is 19.3 Å². The van der Waals surface area contributed by atoms with Gasteiger partial charge in [-0.05, 0) is 86.8 Å². The van der Waals surface area contributed by atoms with Crippen molar-refractivity contribution in [1.82, 2.24) is 16.2 Å². The lowest BCUT2D eigenvalue weighted by Crippen LogP contribution is -2.51. The van der Waals surface area contributed by atoms with Gasteiger partial charge in [-0.15, -0.1) is 0 Å². The summed E-state index contributed by atoms with van der Waals surface area (Å²) in [6.07, 6.45) is 7.21. The fourth-order valence-corrected chi connectivity index (χ4v) is 6.54. The zero-order valence-electron chi connectivity index (χ0n) is 17.8. The monoisotopic (exact) mass is 491 g/mol. The topological polar surface area (TPSA) is 96.5 Å². The van der Waals surface area contributed by atoms with E-state index in [2.05, 4.69) is 32.1 Å². The number of amides is 3. The first-order valence-electron chi connectivity index (χ1n) is 11.1. The molecule has 0 saturated heterocycles. The van der Waals surface area contributed by atoms with Crippen LogP contribution < -0.4 is 20.9 Å². The summed E-state index contributed by atoms with van der Waals surface area (Å²) in [7, 11) is 0. The van der Waals surface area contributed by atoms with Gasteiger partial charge in [0.05, 0.1) is 6.54 Å². The first kappa shape index (κ1) is 22.1. The number of hydrogen-bond donors (Lipinski definition) is 3. The van der Waals surface area contributed by atoms with Crippen molar-refractivity contribution >= 4 is 33.7 Å². The molecule has 5 rings (SSSR count). The Morgan fingerprint density at radius 3 is 2.32 bits per heavy atom. The van der Waals surface area contributed by atoms with Crippen LogP contribution in [0, 0.1) is 23.2 Å². The molecule has 1 atom stereocenters. The van der Waals surface area contributed by atoms with E-state index in [0.29, 0.717) is 12.2 Å². The van der Waals surface area contributed by atoms with Gasteiger partial charge in [-0.1, -0.05) is 22.0 Å². The van der Waals surface area contributed by atoms with Gasteiger partial charge in [0.25, 0.3) is 11.8 Å². The lowest BCUT2D eigenvalue weighted by Gasteiger charge is -2.56. The van der Waals surface area contributed by atoms with Crippen molar-refractivity contribution in [1.29, 1.82) is 0 Å². The van der Waals surface area contributed by atoms with Gasteiger partial charge in [-0.25, -0.2) is 0 Å². The van der Waals surface area contributed by atoms with Gasteiger partial charge in [0, 0.05) is 10.9 Å². The van der Waals surface area contributed by atoms with Crippen LogP contribution in [0.25, 0.3) is 0 Å². The Labute approximate surface area is 191 Å². The van der Waals surface area contributed by atoms with Crippen molar-refractivity contribution in [2.24, 2.45) is 23.2 Å². The van der Waals surface area contributed by atoms with E-state index < -0.39 is 17.9 Å². The molecule has 0 aliphatic heterocycles. The minimum atomic E-state index is -0.791. The molecule has 4 fully saturated rings. The Hall–Kier alpha value is -2.09. The number of nitrogens with one attached hydrogen (secondary N) is 3. The summed E-state index contributed by atoms with van der Waals surface area (Å²) in [5.74, 6) is 1.89. The third-order valence-electron chi connectivity index (χ3n) is 6.95. The Morgan fingerprint density at radius 1 is 1.06 bits per heavy atom. The predicted octanol–water partition coefficient (Wildman–Crippen LogP) is 3.09. The van der Waals surface area contributed by atoms with Gasteiger partial charge >= 0.3 is 0 Å². The van der Waals surface area contributed by atoms with Crippen LogP contribution in [0.4, 0.5) is 0 Å². The molecule has 1 aromatic rings. The van der Waals surface area contributed by atoms with E-state index in [-0.39, 0.29) is 17.9 Å². The van der Waals surface area contributed by atoms with Gasteiger partial charge in [0.15, 0.2) is 6.10 Å². The summed E-state index contributed by atoms with van der Waals surface area (Å²) in [5, 5.41) is 2.72. The van der Waals surface area contributed by atoms with Crippen LogP contribution in [0.15, 0.2) is 28.7 Å². The Kier molecular flexibility index (Phi) is 6.55. The van der Waals surface area contributed by atoms with Crippen molar-refractivity contribution in [3.63, 3.8) is 0 Å². The van der Waals surface area contributed by atoms with E-state index >= 15 is 0 Å². The number of hydrogen-bond acceptors (Lipinski definition) is 4. The molecule has 0 radical (unpaired) electrons. The van der Waals surface area contributed by atoms with Crippen molar-refractivity contribution in [3.8, 4) is 5.75 Å². The van der Waals surface area contributed by atoms with Gasteiger partial charge in [-0.3, -0.25) is 25.2 Å². The number of carbonyl (C=O) groups is 3. The highest BCUT2D eigenvalue weighted by Gasteiger charge is 2.51. The molecule has 4 bridgehead atoms. The molecule has 7 nitrogen and oxygen atoms in total. The summed E-state index contributed by atoms with van der Waals surface area (Å²) in [6.45, 7) is 1.43. The van der Waals surface area contributed by atoms with Gasteiger partial charge in [0.2, 0.25) is 5.91 Å². The largest absolute Gasteiger partial charge is 0.481 e. The van der Waals surface area contributed by atoms with E-state index in [4.69, 9.17) is 4.74 Å². The minimum absolute atomic E-state index is 0.0743. The summed E-state index contributed by atoms with van der Waals surface area (Å²) in [4.78, 5) is 36.7. The second-order valence-corrected chi connectivity index (χ2v) is 10.5. The quantitative estimate of drug-likeness (QED) is 0.510. The average molecular weight is 492 g/mol. The molecular formula is C23H30BrN3O4. The van der Waals surface area contributed by atoms with E-state index in [0.717, 1.165) is 41.5 Å². The molecule has 168 valence electrons. The molecule has 0 spiro atoms. The van der Waals surface area contributed by atoms with Crippen molar-refractivity contribution in [3.05, 3.63) is 28.7 Å². The maximum atomic E-state index is 12.5. The zero-order valence-corrected chi connectivity index (χ0v) is 19.4. The lowest BCUT2D eigenvalue weighted by molar-refractivity contribution is -0.134. The number of benzene rings is 1. The molecule has 3 amide bonds. The second kappa shape index (κ2) is 9.18. The van der Waals surface area contributed by atoms with Crippen LogP contribution in [-0.4, -0.2) is 30.4 Å². The van der Waals surface area contributed by atoms with Crippen LogP contribution in [0.2, 0.25) is 0 Å². The first-order valence-corrected chi connectivity index (χ1v) is 11.9. The van der Waals surface area contributed by atoms with Crippen LogP contribution in [-0.2, 0) is 14.4 Å². The number of halogens is 1. The number of rotatable bonds is 7. The van der Waals surface area contributed by atoms with E-state index in [1.807, 2.05) is 6.07 Å². The van der Waals surface area contributed by atoms with Crippen molar-refractivity contribution in [2.45, 2.75) is 58.0 Å². The minimum Gasteiger partial charge on any atom is -0.481 e. The van der Waals surface area contributed by atoms with Crippen LogP contribution >= 0.6 is 15.9 Å². The van der Waals surface area contributed by atoms with Crippen molar-refractivity contribution < 1.29 is 19.1 Å². The fourth-order valence-electron chi connectivity index (χ4n) is 6.16. The highest BCUT2D eigenvalue weighted by molar-refractivity contribution is 9.10. The zero-order chi connectivity index (χ0) is 22.0. The molecule has 0 heterocycles. The highest BCUT2D eigenvalue weighted by Crippen LogP contribution is 2.61. The second-order valence-electron chi connectivity index (χ2n) is 9.63. The molecule has 1 aromatic carbocycles. The van der Waals surface area contributed by atoms with E-state index in [9.17, 15) is 14.4 Å². The van der Waals surface area contributed by atoms with Crippen LogP contribution in [0.5, 0.6) is 5.75 Å². The van der Waals surface area contributed by atoms with Gasteiger partial charge in [0.1, 0.15) is 5.75 Å². The normalized spacial score (nSPS) is 29.2. The predicted molar refractivity (Wildman–Crippen MR) is 119 cm³/mol. The Bertz CT molecular complexity index is 824. The summed E-state index contributed by atoms with van der Waals surface area (Å²) in [5.41, 5.74) is 4.82. The standard InChI is InChI=1S/C23H30BrN3O4/c1-14(31-19-4-2-3-18(24)8-19)22(30)27-26-21(29)13-25-20(28)12-23-9-15-5-16(10-23)7-17(6-15)11-23/h2-4,8,14-17H,5-7,9-13H2,1H3,(H,25,28)(H,26,29)(H,27,30). The van der Waals surface area contributed by atoms with Gasteiger partial charge < -0.3 is 10.1 Å². The average Bonchev–Trinajstić information content (AvgIpc) is 2.69. The number of ether oxygens (including phenoxy) is 1. The summed E-state index contributed by atoms with van der Waals surface area (Å²) >= 11 is 3.35. The smallest absolute Gasteiger partial charge is 0.279 e. The van der Waals surface area contributed by atoms with Gasteiger partial charge in [-0.2, -0.15) is 0 Å². The number of hydrazine groups is 1. The molecule has 3 N–H and O–H groups in total. The van der Waals surface area contributed by atoms with Crippen molar-refractivity contribution in [2.75, 3.05) is 6.54 Å². The summed E-state index contributed by atoms with van der Waals surface area (Å²) < 4.78 is 6.40. The molecule has 1 unspecified atom stereocenters. The van der Waals surface area contributed by atoms with Crippen LogP contribution in [0.3, 0.4) is 0 Å². The third kappa shape index (κ3) is 5.59. The maximum Gasteiger partial charge on any atom is 0.279 e. The Balaban J connectivity index is 1.16. The molecule has 4 saturated carbocycles. The lowest BCUT2D eigenvalue weighted by atomic mass is 9.49. The fraction of sp³-hybridized carbons (Fsp3) is 0.609. The number of carbonyl (C=O) groups excluding carboxylic acids is 3. The molecule has 0 aromatic heterocycles. The molecule has 4 aliphatic rings. The molecular weight excluding hydrogens is 462 g/mol.